The zero-order chi connectivity index (χ0) is 15.5. The monoisotopic (exact) mass is 297 g/mol. The maximum Gasteiger partial charge on any atom is 0.231 e. The Morgan fingerprint density at radius 2 is 1.77 bits per heavy atom. The van der Waals surface area contributed by atoms with Gasteiger partial charge in [0.05, 0.1) is 0 Å². The molecule has 0 saturated carbocycles. The van der Waals surface area contributed by atoms with E-state index in [1.165, 1.54) is 0 Å². The highest BCUT2D eigenvalue weighted by Gasteiger charge is 2.22. The highest BCUT2D eigenvalue weighted by Crippen LogP contribution is 2.37. The number of carbonyl (C=O) groups is 1. The van der Waals surface area contributed by atoms with E-state index in [-0.39, 0.29) is 18.6 Å². The summed E-state index contributed by atoms with van der Waals surface area (Å²) in [5.41, 5.74) is 2.18. The summed E-state index contributed by atoms with van der Waals surface area (Å²) in [5.74, 6) is 1.61. The van der Waals surface area contributed by atoms with Crippen molar-refractivity contribution in [1.82, 2.24) is 4.90 Å². The lowest BCUT2D eigenvalue weighted by atomic mass is 9.88. The quantitative estimate of drug-likeness (QED) is 0.870. The summed E-state index contributed by atoms with van der Waals surface area (Å²) < 4.78 is 10.8. The molecule has 2 aromatic carbocycles. The first-order chi connectivity index (χ1) is 10.6. The molecule has 2 aromatic rings. The van der Waals surface area contributed by atoms with Crippen LogP contribution in [0.3, 0.4) is 0 Å². The predicted molar refractivity (Wildman–Crippen MR) is 84.2 cm³/mol. The van der Waals surface area contributed by atoms with E-state index in [1.54, 1.807) is 19.0 Å². The molecular formula is C18H19NO3. The zero-order valence-corrected chi connectivity index (χ0v) is 12.8. The largest absolute Gasteiger partial charge is 0.454 e. The van der Waals surface area contributed by atoms with Crippen LogP contribution in [0.2, 0.25) is 0 Å². The topological polar surface area (TPSA) is 38.8 Å². The van der Waals surface area contributed by atoms with Crippen LogP contribution in [0.4, 0.5) is 0 Å². The summed E-state index contributed by atoms with van der Waals surface area (Å²) in [6, 6.07) is 16.0. The van der Waals surface area contributed by atoms with Crippen molar-refractivity contribution >= 4 is 5.91 Å². The minimum absolute atomic E-state index is 0.00519. The van der Waals surface area contributed by atoms with Crippen LogP contribution in [-0.2, 0) is 4.79 Å². The predicted octanol–water partition coefficient (Wildman–Crippen LogP) is 3.03. The van der Waals surface area contributed by atoms with Crippen LogP contribution in [0.1, 0.15) is 23.5 Å². The average Bonchev–Trinajstić information content (AvgIpc) is 3.00. The second-order valence-corrected chi connectivity index (χ2v) is 5.57. The molecule has 4 nitrogen and oxygen atoms in total. The van der Waals surface area contributed by atoms with Crippen molar-refractivity contribution in [2.24, 2.45) is 0 Å². The Bertz CT molecular complexity index is 667. The number of rotatable bonds is 4. The van der Waals surface area contributed by atoms with Crippen LogP contribution in [0.5, 0.6) is 11.5 Å². The molecule has 1 amide bonds. The zero-order valence-electron chi connectivity index (χ0n) is 12.8. The SMILES string of the molecule is CN(C)C(=O)CC(c1ccccc1)c1ccc2c(c1)OCO2. The number of hydrogen-bond donors (Lipinski definition) is 0. The number of carbonyl (C=O) groups excluding carboxylic acids is 1. The number of hydrogen-bond acceptors (Lipinski definition) is 3. The Kier molecular flexibility index (Phi) is 4.00. The number of ether oxygens (including phenoxy) is 2. The van der Waals surface area contributed by atoms with E-state index in [0.717, 1.165) is 22.6 Å². The van der Waals surface area contributed by atoms with Gasteiger partial charge >= 0.3 is 0 Å². The average molecular weight is 297 g/mol. The molecule has 0 N–H and O–H groups in total. The van der Waals surface area contributed by atoms with Crippen LogP contribution < -0.4 is 9.47 Å². The van der Waals surface area contributed by atoms with Crippen molar-refractivity contribution in [1.29, 1.82) is 0 Å². The summed E-state index contributed by atoms with van der Waals surface area (Å²) in [6.45, 7) is 0.255. The Labute approximate surface area is 130 Å². The fourth-order valence-electron chi connectivity index (χ4n) is 2.60. The first-order valence-electron chi connectivity index (χ1n) is 7.30. The van der Waals surface area contributed by atoms with E-state index in [0.29, 0.717) is 6.42 Å². The standard InChI is InChI=1S/C18H19NO3/c1-19(2)18(20)11-15(13-6-4-3-5-7-13)14-8-9-16-17(10-14)22-12-21-16/h3-10,15H,11-12H2,1-2H3. The van der Waals surface area contributed by atoms with Gasteiger partial charge in [-0.05, 0) is 23.3 Å². The van der Waals surface area contributed by atoms with Gasteiger partial charge in [0, 0.05) is 26.4 Å². The molecule has 0 aromatic heterocycles. The third kappa shape index (κ3) is 2.91. The highest BCUT2D eigenvalue weighted by atomic mass is 16.7. The van der Waals surface area contributed by atoms with E-state index in [9.17, 15) is 4.79 Å². The van der Waals surface area contributed by atoms with Crippen molar-refractivity contribution in [2.75, 3.05) is 20.9 Å². The molecule has 114 valence electrons. The van der Waals surface area contributed by atoms with Gasteiger partial charge in [0.2, 0.25) is 12.7 Å². The second kappa shape index (κ2) is 6.10. The molecule has 1 aliphatic heterocycles. The van der Waals surface area contributed by atoms with Gasteiger partial charge in [-0.1, -0.05) is 36.4 Å². The van der Waals surface area contributed by atoms with E-state index >= 15 is 0 Å². The van der Waals surface area contributed by atoms with Crippen molar-refractivity contribution in [3.63, 3.8) is 0 Å². The van der Waals surface area contributed by atoms with E-state index in [4.69, 9.17) is 9.47 Å². The first-order valence-corrected chi connectivity index (χ1v) is 7.30. The molecule has 1 atom stereocenters. The minimum Gasteiger partial charge on any atom is -0.454 e. The van der Waals surface area contributed by atoms with Crippen LogP contribution in [0, 0.1) is 0 Å². The molecule has 1 aliphatic rings. The van der Waals surface area contributed by atoms with Crippen LogP contribution in [-0.4, -0.2) is 31.7 Å². The van der Waals surface area contributed by atoms with Crippen molar-refractivity contribution < 1.29 is 14.3 Å². The molecule has 1 unspecified atom stereocenters. The summed E-state index contributed by atoms with van der Waals surface area (Å²) >= 11 is 0. The maximum absolute atomic E-state index is 12.2. The van der Waals surface area contributed by atoms with Gasteiger partial charge in [-0.15, -0.1) is 0 Å². The third-order valence-electron chi connectivity index (χ3n) is 3.88. The smallest absolute Gasteiger partial charge is 0.231 e. The molecule has 0 radical (unpaired) electrons. The van der Waals surface area contributed by atoms with Crippen LogP contribution in [0.15, 0.2) is 48.5 Å². The van der Waals surface area contributed by atoms with Crippen molar-refractivity contribution in [3.8, 4) is 11.5 Å². The van der Waals surface area contributed by atoms with Crippen molar-refractivity contribution in [3.05, 3.63) is 59.7 Å². The number of nitrogens with zero attached hydrogens (tertiary/aromatic N) is 1. The van der Waals surface area contributed by atoms with Gasteiger partial charge in [0.25, 0.3) is 0 Å². The lowest BCUT2D eigenvalue weighted by Gasteiger charge is -2.20. The number of amides is 1. The maximum atomic E-state index is 12.2. The summed E-state index contributed by atoms with van der Waals surface area (Å²) in [6.07, 6.45) is 0.427. The van der Waals surface area contributed by atoms with Gasteiger partial charge in [0.1, 0.15) is 0 Å². The molecule has 4 heteroatoms. The van der Waals surface area contributed by atoms with Crippen molar-refractivity contribution in [2.45, 2.75) is 12.3 Å². The Morgan fingerprint density at radius 3 is 2.50 bits per heavy atom. The first kappa shape index (κ1) is 14.4. The Balaban J connectivity index is 1.96. The second-order valence-electron chi connectivity index (χ2n) is 5.57. The Morgan fingerprint density at radius 1 is 1.05 bits per heavy atom. The molecule has 1 heterocycles. The highest BCUT2D eigenvalue weighted by molar-refractivity contribution is 5.77. The lowest BCUT2D eigenvalue weighted by Crippen LogP contribution is -2.24. The molecule has 0 aliphatic carbocycles. The summed E-state index contributed by atoms with van der Waals surface area (Å²) in [5, 5.41) is 0. The Hall–Kier alpha value is -2.49. The molecule has 22 heavy (non-hydrogen) atoms. The van der Waals surface area contributed by atoms with E-state index in [2.05, 4.69) is 12.1 Å². The summed E-state index contributed by atoms with van der Waals surface area (Å²) in [7, 11) is 3.56. The molecule has 0 bridgehead atoms. The molecule has 0 spiro atoms. The normalized spacial score (nSPS) is 13.7. The third-order valence-corrected chi connectivity index (χ3v) is 3.88. The van der Waals surface area contributed by atoms with Crippen LogP contribution >= 0.6 is 0 Å². The minimum atomic E-state index is 0.00519. The summed E-state index contributed by atoms with van der Waals surface area (Å²) in [4.78, 5) is 13.8. The molecule has 0 saturated heterocycles. The number of fused-ring (bicyclic) bond motifs is 1. The fourth-order valence-corrected chi connectivity index (χ4v) is 2.60. The van der Waals surface area contributed by atoms with Gasteiger partial charge in [-0.2, -0.15) is 0 Å². The van der Waals surface area contributed by atoms with Gasteiger partial charge < -0.3 is 14.4 Å². The van der Waals surface area contributed by atoms with Gasteiger partial charge in [0.15, 0.2) is 11.5 Å². The lowest BCUT2D eigenvalue weighted by molar-refractivity contribution is -0.128. The molecule has 0 fully saturated rings. The fraction of sp³-hybridized carbons (Fsp3) is 0.278. The van der Waals surface area contributed by atoms with Gasteiger partial charge in [-0.3, -0.25) is 4.79 Å². The number of benzene rings is 2. The van der Waals surface area contributed by atoms with E-state index < -0.39 is 0 Å². The molecular weight excluding hydrogens is 278 g/mol. The molecule has 3 rings (SSSR count). The van der Waals surface area contributed by atoms with Crippen LogP contribution in [0.25, 0.3) is 0 Å². The van der Waals surface area contributed by atoms with E-state index in [1.807, 2.05) is 36.4 Å². The van der Waals surface area contributed by atoms with Gasteiger partial charge in [-0.25, -0.2) is 0 Å².